The van der Waals surface area contributed by atoms with Crippen LogP contribution in [0.5, 0.6) is 5.75 Å². The van der Waals surface area contributed by atoms with Crippen LogP contribution in [0, 0.1) is 0 Å². The van der Waals surface area contributed by atoms with Gasteiger partial charge >= 0.3 is 11.7 Å². The van der Waals surface area contributed by atoms with Gasteiger partial charge in [-0.25, -0.2) is 18.0 Å². The zero-order valence-electron chi connectivity index (χ0n) is 18.4. The lowest BCUT2D eigenvalue weighted by molar-refractivity contribution is 0.0462. The predicted molar refractivity (Wildman–Crippen MR) is 116 cm³/mol. The van der Waals surface area contributed by atoms with Gasteiger partial charge in [0, 0.05) is 33.3 Å². The standard InChI is InChI=1S/C21H27N3O7S/c1-22-16(13-19(25)23(2)21(22)27)14-31-20(26)15-8-9-17(30-3)18(12-15)32(28,29)24-10-6-4-5-7-11-24/h8-9,12-13H,4-7,10-11,14H2,1-3H3. The Balaban J connectivity index is 1.87. The van der Waals surface area contributed by atoms with Crippen LogP contribution in [-0.4, -0.2) is 48.0 Å². The van der Waals surface area contributed by atoms with E-state index in [-0.39, 0.29) is 28.5 Å². The van der Waals surface area contributed by atoms with Crippen LogP contribution in [0.1, 0.15) is 41.7 Å². The molecule has 0 aliphatic carbocycles. The summed E-state index contributed by atoms with van der Waals surface area (Å²) in [6, 6.07) is 5.27. The number of methoxy groups -OCH3 is 1. The third-order valence-corrected chi connectivity index (χ3v) is 7.48. The Morgan fingerprint density at radius 1 is 1.00 bits per heavy atom. The van der Waals surface area contributed by atoms with Crippen molar-refractivity contribution >= 4 is 16.0 Å². The van der Waals surface area contributed by atoms with Crippen LogP contribution < -0.4 is 16.0 Å². The zero-order chi connectivity index (χ0) is 23.5. The minimum atomic E-state index is -3.86. The van der Waals surface area contributed by atoms with Gasteiger partial charge in [0.25, 0.3) is 5.56 Å². The van der Waals surface area contributed by atoms with Gasteiger partial charge < -0.3 is 9.47 Å². The summed E-state index contributed by atoms with van der Waals surface area (Å²) in [6.07, 6.45) is 3.50. The van der Waals surface area contributed by atoms with Gasteiger partial charge in [0.05, 0.1) is 18.4 Å². The zero-order valence-corrected chi connectivity index (χ0v) is 19.2. The SMILES string of the molecule is COc1ccc(C(=O)OCc2cc(=O)n(C)c(=O)n2C)cc1S(=O)(=O)N1CCCCCC1. The van der Waals surface area contributed by atoms with Gasteiger partial charge in [-0.1, -0.05) is 12.8 Å². The van der Waals surface area contributed by atoms with E-state index in [9.17, 15) is 22.8 Å². The first-order chi connectivity index (χ1) is 15.2. The van der Waals surface area contributed by atoms with Gasteiger partial charge in [-0.15, -0.1) is 0 Å². The summed E-state index contributed by atoms with van der Waals surface area (Å²) in [6.45, 7) is 0.509. The van der Waals surface area contributed by atoms with E-state index in [2.05, 4.69) is 0 Å². The van der Waals surface area contributed by atoms with E-state index in [1.165, 1.54) is 54.3 Å². The first-order valence-corrected chi connectivity index (χ1v) is 11.7. The molecule has 0 saturated carbocycles. The third-order valence-electron chi connectivity index (χ3n) is 5.56. The van der Waals surface area contributed by atoms with E-state index in [1.54, 1.807) is 0 Å². The number of carbonyl (C=O) groups is 1. The van der Waals surface area contributed by atoms with Crippen LogP contribution in [0.25, 0.3) is 0 Å². The highest BCUT2D eigenvalue weighted by Gasteiger charge is 2.29. The maximum absolute atomic E-state index is 13.2. The molecule has 0 spiro atoms. The van der Waals surface area contributed by atoms with Gasteiger partial charge in [-0.3, -0.25) is 13.9 Å². The molecule has 0 unspecified atom stereocenters. The van der Waals surface area contributed by atoms with Crippen LogP contribution in [0.15, 0.2) is 38.8 Å². The van der Waals surface area contributed by atoms with Crippen molar-refractivity contribution in [3.05, 3.63) is 56.4 Å². The lowest BCUT2D eigenvalue weighted by Crippen LogP contribution is -2.38. The van der Waals surface area contributed by atoms with E-state index in [0.717, 1.165) is 30.3 Å². The fourth-order valence-corrected chi connectivity index (χ4v) is 5.26. The highest BCUT2D eigenvalue weighted by molar-refractivity contribution is 7.89. The molecule has 1 fully saturated rings. The summed E-state index contributed by atoms with van der Waals surface area (Å²) in [5.41, 5.74) is -0.821. The minimum Gasteiger partial charge on any atom is -0.495 e. The Kier molecular flexibility index (Phi) is 7.19. The molecule has 174 valence electrons. The topological polar surface area (TPSA) is 117 Å². The van der Waals surface area contributed by atoms with Crippen LogP contribution in [0.4, 0.5) is 0 Å². The van der Waals surface area contributed by atoms with E-state index in [1.807, 2.05) is 0 Å². The Bertz CT molecular complexity index is 1220. The average molecular weight is 466 g/mol. The molecule has 0 radical (unpaired) electrons. The molecule has 0 amide bonds. The number of aromatic nitrogens is 2. The van der Waals surface area contributed by atoms with Crippen LogP contribution in [0.2, 0.25) is 0 Å². The molecule has 1 aromatic carbocycles. The predicted octanol–water partition coefficient (Wildman–Crippen LogP) is 1.01. The van der Waals surface area contributed by atoms with Gasteiger partial charge in [0.1, 0.15) is 17.3 Å². The smallest absolute Gasteiger partial charge is 0.338 e. The Morgan fingerprint density at radius 3 is 2.28 bits per heavy atom. The molecule has 10 nitrogen and oxygen atoms in total. The summed E-state index contributed by atoms with van der Waals surface area (Å²) < 4.78 is 40.5. The lowest BCUT2D eigenvalue weighted by Gasteiger charge is -2.21. The molecule has 0 atom stereocenters. The fourth-order valence-electron chi connectivity index (χ4n) is 3.57. The van der Waals surface area contributed by atoms with Crippen molar-refractivity contribution in [2.75, 3.05) is 20.2 Å². The monoisotopic (exact) mass is 465 g/mol. The number of hydrogen-bond donors (Lipinski definition) is 0. The molecule has 2 heterocycles. The van der Waals surface area contributed by atoms with Gasteiger partial charge in [0.2, 0.25) is 10.0 Å². The number of benzene rings is 1. The number of carbonyl (C=O) groups excluding carboxylic acids is 1. The Morgan fingerprint density at radius 2 is 1.66 bits per heavy atom. The Labute approximate surface area is 186 Å². The fraction of sp³-hybridized carbons (Fsp3) is 0.476. The summed E-state index contributed by atoms with van der Waals surface area (Å²) in [4.78, 5) is 36.4. The number of hydrogen-bond acceptors (Lipinski definition) is 7. The van der Waals surface area contributed by atoms with Crippen molar-refractivity contribution in [2.24, 2.45) is 14.1 Å². The van der Waals surface area contributed by atoms with E-state index >= 15 is 0 Å². The van der Waals surface area contributed by atoms with E-state index in [4.69, 9.17) is 9.47 Å². The average Bonchev–Trinajstić information content (AvgIpc) is 3.08. The van der Waals surface area contributed by atoms with Crippen LogP contribution >= 0.6 is 0 Å². The molecule has 2 aromatic rings. The second-order valence-electron chi connectivity index (χ2n) is 7.63. The van der Waals surface area contributed by atoms with Crippen LogP contribution in [0.3, 0.4) is 0 Å². The molecule has 1 saturated heterocycles. The second-order valence-corrected chi connectivity index (χ2v) is 9.54. The molecule has 32 heavy (non-hydrogen) atoms. The first kappa shape index (κ1) is 23.7. The molecule has 1 aliphatic rings. The minimum absolute atomic E-state index is 0.0213. The molecule has 1 aromatic heterocycles. The van der Waals surface area contributed by atoms with Gasteiger partial charge in [-0.2, -0.15) is 4.31 Å². The van der Waals surface area contributed by atoms with E-state index < -0.39 is 27.2 Å². The first-order valence-electron chi connectivity index (χ1n) is 10.3. The van der Waals surface area contributed by atoms with E-state index in [0.29, 0.717) is 13.1 Å². The van der Waals surface area contributed by atoms with Crippen molar-refractivity contribution in [1.82, 2.24) is 13.4 Å². The largest absolute Gasteiger partial charge is 0.495 e. The molecule has 11 heteroatoms. The maximum Gasteiger partial charge on any atom is 0.338 e. The number of nitrogens with zero attached hydrogens (tertiary/aromatic N) is 3. The molecular weight excluding hydrogens is 438 g/mol. The quantitative estimate of drug-likeness (QED) is 0.585. The number of sulfonamides is 1. The summed E-state index contributed by atoms with van der Waals surface area (Å²) >= 11 is 0. The lowest BCUT2D eigenvalue weighted by atomic mass is 10.2. The summed E-state index contributed by atoms with van der Waals surface area (Å²) in [5, 5.41) is 0. The number of ether oxygens (including phenoxy) is 2. The molecule has 0 bridgehead atoms. The highest BCUT2D eigenvalue weighted by Crippen LogP contribution is 2.29. The Hall–Kier alpha value is -2.92. The van der Waals surface area contributed by atoms with Crippen molar-refractivity contribution in [3.8, 4) is 5.75 Å². The van der Waals surface area contributed by atoms with Crippen molar-refractivity contribution in [2.45, 2.75) is 37.2 Å². The summed E-state index contributed by atoms with van der Waals surface area (Å²) in [5.74, 6) is -0.646. The maximum atomic E-state index is 13.2. The molecule has 0 N–H and O–H groups in total. The molecular formula is C21H27N3O7S. The van der Waals surface area contributed by atoms with Gasteiger partial charge in [-0.05, 0) is 31.0 Å². The second kappa shape index (κ2) is 9.70. The summed E-state index contributed by atoms with van der Waals surface area (Å²) in [7, 11) is 0.317. The van der Waals surface area contributed by atoms with Crippen LogP contribution in [-0.2, 0) is 35.5 Å². The van der Waals surface area contributed by atoms with Crippen molar-refractivity contribution in [1.29, 1.82) is 0 Å². The number of esters is 1. The van der Waals surface area contributed by atoms with Gasteiger partial charge in [0.15, 0.2) is 0 Å². The molecule has 1 aliphatic heterocycles. The number of rotatable bonds is 6. The van der Waals surface area contributed by atoms with Crippen molar-refractivity contribution in [3.63, 3.8) is 0 Å². The molecule has 3 rings (SSSR count). The third kappa shape index (κ3) is 4.78. The highest BCUT2D eigenvalue weighted by atomic mass is 32.2. The van der Waals surface area contributed by atoms with Crippen molar-refractivity contribution < 1.29 is 22.7 Å². The normalized spacial score (nSPS) is 15.2.